The Hall–Kier alpha value is 3.00. The summed E-state index contributed by atoms with van der Waals surface area (Å²) in [6, 6.07) is 0. The van der Waals surface area contributed by atoms with E-state index in [0.29, 0.717) is 0 Å². The molecule has 0 aliphatic carbocycles. The van der Waals surface area contributed by atoms with Crippen molar-refractivity contribution in [1.29, 1.82) is 0 Å². The van der Waals surface area contributed by atoms with Gasteiger partial charge in [0, 0.05) is 20.4 Å². The minimum absolute atomic E-state index is 0. The standard InChI is InChI=1S/2C15H34P2.CHO.ClH.2Pd/c2*1-12(2)16(13(3)4)10-9-11-17(14(5)6)15(7)8;1-2;;;/h2*12-15H,9-11H2,1-8H3;1H;1H;;/q;;-1;;;+2/p-1. The molecule has 0 saturated carbocycles. The first-order valence-corrected chi connectivity index (χ1v) is 21.5. The summed E-state index contributed by atoms with van der Waals surface area (Å²) in [4.78, 5) is 7.75. The van der Waals surface area contributed by atoms with Crippen LogP contribution in [-0.2, 0) is 45.6 Å². The van der Waals surface area contributed by atoms with Crippen LogP contribution in [0.3, 0.4) is 0 Å². The van der Waals surface area contributed by atoms with Crippen LogP contribution >= 0.6 is 31.7 Å². The van der Waals surface area contributed by atoms with Crippen LogP contribution in [0.2, 0.25) is 0 Å². The SMILES string of the molecule is CC(C)P(CCCP(C(C)C)C(C)C)C(C)C.CC(C)P(CCCP(C(C)C)C(C)C)C(C)C.[CH-]=O.[Cl-].[Pd+2].[Pd]. The van der Waals surface area contributed by atoms with Crippen molar-refractivity contribution < 1.29 is 58.0 Å². The first-order valence-electron chi connectivity index (χ1n) is 14.8. The van der Waals surface area contributed by atoms with Crippen LogP contribution < -0.4 is 12.4 Å². The largest absolute Gasteiger partial charge is 2.00 e. The van der Waals surface area contributed by atoms with Gasteiger partial charge in [0.25, 0.3) is 0 Å². The van der Waals surface area contributed by atoms with Crippen LogP contribution in [0, 0.1) is 0 Å². The Labute approximate surface area is 288 Å². The predicted octanol–water partition coefficient (Wildman–Crippen LogP) is 8.67. The summed E-state index contributed by atoms with van der Waals surface area (Å²) < 4.78 is 0. The van der Waals surface area contributed by atoms with E-state index in [1.54, 1.807) is 0 Å². The molecule has 0 aromatic carbocycles. The minimum atomic E-state index is 0. The number of carbonyl (C=O) groups excluding carboxylic acids is 1. The average molecular weight is 830 g/mol. The zero-order valence-corrected chi connectivity index (χ0v) is 36.1. The third-order valence-corrected chi connectivity index (χ3v) is 20.9. The molecule has 8 heteroatoms. The molecule has 0 radical (unpaired) electrons. The monoisotopic (exact) mass is 828 g/mol. The Balaban J connectivity index is -0.000000122. The van der Waals surface area contributed by atoms with Crippen molar-refractivity contribution in [3.8, 4) is 0 Å². The Morgan fingerprint density at radius 3 is 0.564 bits per heavy atom. The summed E-state index contributed by atoms with van der Waals surface area (Å²) in [5.74, 6) is 0. The van der Waals surface area contributed by atoms with Gasteiger partial charge in [-0.05, 0) is 82.8 Å². The fourth-order valence-electron chi connectivity index (χ4n) is 5.32. The Kier molecular flexibility index (Phi) is 45.3. The molecule has 1 nitrogen and oxygen atoms in total. The average Bonchev–Trinajstić information content (AvgIpc) is 2.73. The van der Waals surface area contributed by atoms with Gasteiger partial charge >= 0.3 is 20.4 Å². The molecule has 0 aliphatic heterocycles. The molecule has 0 unspecified atom stereocenters. The van der Waals surface area contributed by atoms with E-state index in [9.17, 15) is 0 Å². The van der Waals surface area contributed by atoms with Crippen molar-refractivity contribution in [2.45, 2.75) is 169 Å². The second-order valence-corrected chi connectivity index (χ2v) is 26.6. The maximum Gasteiger partial charge on any atom is 2.00 e. The number of rotatable bonds is 16. The van der Waals surface area contributed by atoms with E-state index in [2.05, 4.69) is 118 Å². The van der Waals surface area contributed by atoms with Gasteiger partial charge < -0.3 is 17.2 Å². The van der Waals surface area contributed by atoms with Crippen molar-refractivity contribution in [3.63, 3.8) is 0 Å². The molecular weight excluding hydrogens is 761 g/mol. The molecule has 0 fully saturated rings. The third-order valence-electron chi connectivity index (χ3n) is 6.97. The summed E-state index contributed by atoms with van der Waals surface area (Å²) >= 11 is 0. The zero-order valence-electron chi connectivity index (χ0n) is 28.6. The van der Waals surface area contributed by atoms with Gasteiger partial charge in [-0.15, -0.1) is 31.7 Å². The third kappa shape index (κ3) is 28.2. The van der Waals surface area contributed by atoms with Gasteiger partial charge in [-0.25, -0.2) is 0 Å². The summed E-state index contributed by atoms with van der Waals surface area (Å²) in [6.07, 6.45) is 8.96. The van der Waals surface area contributed by atoms with Gasteiger partial charge in [-0.2, -0.15) is 0 Å². The van der Waals surface area contributed by atoms with Gasteiger partial charge in [0.1, 0.15) is 0 Å². The number of halogens is 1. The van der Waals surface area contributed by atoms with Crippen molar-refractivity contribution in [2.75, 3.05) is 24.6 Å². The summed E-state index contributed by atoms with van der Waals surface area (Å²) in [7, 11) is 1.05. The van der Waals surface area contributed by atoms with Crippen LogP contribution in [0.5, 0.6) is 0 Å². The maximum atomic E-state index is 7.75. The van der Waals surface area contributed by atoms with Crippen molar-refractivity contribution >= 4 is 38.5 Å². The number of hydrogen-bond acceptors (Lipinski definition) is 1. The normalized spacial score (nSPS) is 11.5. The zero-order chi connectivity index (χ0) is 29.2. The minimum Gasteiger partial charge on any atom is -1.00 e. The van der Waals surface area contributed by atoms with Crippen LogP contribution in [0.25, 0.3) is 0 Å². The Bertz CT molecular complexity index is 379. The van der Waals surface area contributed by atoms with Crippen LogP contribution in [0.15, 0.2) is 0 Å². The van der Waals surface area contributed by atoms with E-state index in [4.69, 9.17) is 4.79 Å². The van der Waals surface area contributed by atoms with E-state index in [-0.39, 0.29) is 84.9 Å². The molecule has 0 aliphatic rings. The van der Waals surface area contributed by atoms with Crippen molar-refractivity contribution in [3.05, 3.63) is 0 Å². The van der Waals surface area contributed by atoms with E-state index < -0.39 is 0 Å². The van der Waals surface area contributed by atoms with Crippen molar-refractivity contribution in [2.24, 2.45) is 0 Å². The second-order valence-electron chi connectivity index (χ2n) is 12.4. The van der Waals surface area contributed by atoms with Crippen LogP contribution in [0.1, 0.15) is 124 Å². The van der Waals surface area contributed by atoms with Gasteiger partial charge in [0.05, 0.1) is 0 Å². The maximum absolute atomic E-state index is 7.75. The van der Waals surface area contributed by atoms with E-state index in [1.807, 2.05) is 0 Å². The molecule has 0 spiro atoms. The quantitative estimate of drug-likeness (QED) is 0.0660. The first-order chi connectivity index (χ1) is 16.5. The summed E-state index contributed by atoms with van der Waals surface area (Å²) in [5.41, 5.74) is 7.29. The summed E-state index contributed by atoms with van der Waals surface area (Å²) in [6.45, 7) is 41.9. The first kappa shape index (κ1) is 54.5. The predicted molar refractivity (Wildman–Crippen MR) is 184 cm³/mol. The molecule has 0 bridgehead atoms. The van der Waals surface area contributed by atoms with Gasteiger partial charge in [0.15, 0.2) is 0 Å². The molecule has 0 saturated heterocycles. The molecule has 0 N–H and O–H groups in total. The van der Waals surface area contributed by atoms with Crippen molar-refractivity contribution in [1.82, 2.24) is 0 Å². The topological polar surface area (TPSA) is 17.1 Å². The van der Waals surface area contributed by atoms with E-state index >= 15 is 0 Å². The molecule has 0 heterocycles. The Morgan fingerprint density at radius 2 is 0.487 bits per heavy atom. The van der Waals surface area contributed by atoms with E-state index in [0.717, 1.165) is 45.3 Å². The smallest absolute Gasteiger partial charge is 1.00 e. The molecule has 0 atom stereocenters. The fourth-order valence-corrected chi connectivity index (χ4v) is 16.8. The molecule has 246 valence electrons. The second kappa shape index (κ2) is 32.4. The van der Waals surface area contributed by atoms with Crippen LogP contribution in [0.4, 0.5) is 0 Å². The number of hydrogen-bond donors (Lipinski definition) is 0. The molecule has 0 amide bonds. The molecule has 0 rings (SSSR count). The fraction of sp³-hybridized carbons (Fsp3) is 0.968. The van der Waals surface area contributed by atoms with E-state index in [1.165, 1.54) is 37.5 Å². The molecule has 0 aromatic heterocycles. The molecular formula is C31H69ClOP4Pd2. The summed E-state index contributed by atoms with van der Waals surface area (Å²) in [5, 5.41) is 0. The van der Waals surface area contributed by atoms with Gasteiger partial charge in [0.2, 0.25) is 0 Å². The van der Waals surface area contributed by atoms with Crippen LogP contribution in [-0.4, -0.2) is 76.7 Å². The Morgan fingerprint density at radius 1 is 0.385 bits per heavy atom. The molecule has 39 heavy (non-hydrogen) atoms. The molecule has 0 aromatic rings. The van der Waals surface area contributed by atoms with Gasteiger partial charge in [-0.1, -0.05) is 111 Å². The van der Waals surface area contributed by atoms with Gasteiger partial charge in [-0.3, -0.25) is 6.79 Å².